The summed E-state index contributed by atoms with van der Waals surface area (Å²) in [4.78, 5) is 0.735. The minimum atomic E-state index is 0.512. The van der Waals surface area contributed by atoms with Crippen molar-refractivity contribution in [3.8, 4) is 6.07 Å². The minimum Gasteiger partial charge on any atom is -0.192 e. The van der Waals surface area contributed by atoms with E-state index in [4.69, 9.17) is 16.9 Å². The smallest absolute Gasteiger partial charge is 0.110 e. The number of nitriles is 1. The Bertz CT molecular complexity index is 295. The molecule has 0 spiro atoms. The molecule has 0 atom stereocenters. The van der Waals surface area contributed by atoms with Gasteiger partial charge in [-0.25, -0.2) is 0 Å². The van der Waals surface area contributed by atoms with E-state index in [1.54, 1.807) is 0 Å². The summed E-state index contributed by atoms with van der Waals surface area (Å²) < 4.78 is 0. The maximum Gasteiger partial charge on any atom is 0.110 e. The number of allylic oxidation sites excluding steroid dienone is 1. The van der Waals surface area contributed by atoms with Gasteiger partial charge in [0.1, 0.15) is 10.9 Å². The van der Waals surface area contributed by atoms with Crippen LogP contribution in [-0.4, -0.2) is 5.88 Å². The maximum atomic E-state index is 8.49. The topological polar surface area (TPSA) is 23.8 Å². The quantitative estimate of drug-likeness (QED) is 0.647. The Morgan fingerprint density at radius 2 is 2.55 bits per heavy atom. The summed E-state index contributed by atoms with van der Waals surface area (Å²) in [6, 6.07) is 3.92. The zero-order valence-electron chi connectivity index (χ0n) is 5.75. The van der Waals surface area contributed by atoms with E-state index >= 15 is 0 Å². The van der Waals surface area contributed by atoms with Crippen LogP contribution in [0, 0.1) is 11.3 Å². The Morgan fingerprint density at radius 3 is 3.09 bits per heavy atom. The van der Waals surface area contributed by atoms with Crippen molar-refractivity contribution >= 4 is 29.0 Å². The van der Waals surface area contributed by atoms with E-state index in [0.29, 0.717) is 5.88 Å². The lowest BCUT2D eigenvalue weighted by molar-refractivity contribution is 1.52. The molecule has 0 fully saturated rings. The molecule has 1 aromatic heterocycles. The Balaban J connectivity index is 2.75. The van der Waals surface area contributed by atoms with Crippen LogP contribution in [0.5, 0.6) is 0 Å². The van der Waals surface area contributed by atoms with Crippen LogP contribution in [0.25, 0.3) is 6.08 Å². The number of nitrogens with zero attached hydrogens (tertiary/aromatic N) is 1. The summed E-state index contributed by atoms with van der Waals surface area (Å²) in [5.41, 5.74) is 1.05. The zero-order chi connectivity index (χ0) is 8.10. The van der Waals surface area contributed by atoms with E-state index < -0.39 is 0 Å². The summed E-state index contributed by atoms with van der Waals surface area (Å²) in [5, 5.41) is 10.4. The van der Waals surface area contributed by atoms with Gasteiger partial charge in [0, 0.05) is 5.88 Å². The van der Waals surface area contributed by atoms with Crippen LogP contribution in [0.1, 0.15) is 10.4 Å². The third-order valence-electron chi connectivity index (χ3n) is 1.13. The molecule has 0 aliphatic rings. The van der Waals surface area contributed by atoms with Gasteiger partial charge in [0.05, 0.1) is 0 Å². The normalized spacial score (nSPS) is 10.2. The highest BCUT2D eigenvalue weighted by atomic mass is 35.5. The van der Waals surface area contributed by atoms with E-state index in [2.05, 4.69) is 6.07 Å². The molecule has 1 rings (SSSR count). The standard InChI is InChI=1S/C8H6ClNS/c9-3-1-2-7-4-8(5-10)11-6-7/h1-2,4,6H,3H2. The van der Waals surface area contributed by atoms with E-state index in [9.17, 15) is 0 Å². The van der Waals surface area contributed by atoms with Gasteiger partial charge in [-0.05, 0) is 17.0 Å². The largest absolute Gasteiger partial charge is 0.192 e. The van der Waals surface area contributed by atoms with Gasteiger partial charge in [0.25, 0.3) is 0 Å². The number of hydrogen-bond donors (Lipinski definition) is 0. The van der Waals surface area contributed by atoms with Crippen LogP contribution in [0.4, 0.5) is 0 Å². The van der Waals surface area contributed by atoms with Gasteiger partial charge in [-0.15, -0.1) is 22.9 Å². The second-order valence-corrected chi connectivity index (χ2v) is 3.13. The van der Waals surface area contributed by atoms with Crippen molar-refractivity contribution in [1.29, 1.82) is 5.26 Å². The third kappa shape index (κ3) is 2.38. The molecule has 0 bridgehead atoms. The van der Waals surface area contributed by atoms with E-state index in [1.165, 1.54) is 11.3 Å². The minimum absolute atomic E-state index is 0.512. The molecular formula is C8H6ClNS. The summed E-state index contributed by atoms with van der Waals surface area (Å²) in [6.45, 7) is 0. The van der Waals surface area contributed by atoms with Crippen molar-refractivity contribution in [3.63, 3.8) is 0 Å². The summed E-state index contributed by atoms with van der Waals surface area (Å²) >= 11 is 6.89. The fraction of sp³-hybridized carbons (Fsp3) is 0.125. The number of alkyl halides is 1. The summed E-state index contributed by atoms with van der Waals surface area (Å²) in [7, 11) is 0. The summed E-state index contributed by atoms with van der Waals surface area (Å²) in [6.07, 6.45) is 3.76. The highest BCUT2D eigenvalue weighted by molar-refractivity contribution is 7.10. The predicted octanol–water partition coefficient (Wildman–Crippen LogP) is 2.87. The van der Waals surface area contributed by atoms with Gasteiger partial charge in [-0.1, -0.05) is 12.2 Å². The SMILES string of the molecule is N#Cc1cc(C=CCCl)cs1. The van der Waals surface area contributed by atoms with Crippen LogP contribution in [0.2, 0.25) is 0 Å². The molecule has 1 aromatic rings. The highest BCUT2D eigenvalue weighted by Gasteiger charge is 1.93. The van der Waals surface area contributed by atoms with Crippen LogP contribution in [-0.2, 0) is 0 Å². The summed E-state index contributed by atoms with van der Waals surface area (Å²) in [5.74, 6) is 0.512. The van der Waals surface area contributed by atoms with Gasteiger partial charge in [0.2, 0.25) is 0 Å². The fourth-order valence-electron chi connectivity index (χ4n) is 0.678. The first kappa shape index (κ1) is 8.32. The molecule has 0 N–H and O–H groups in total. The van der Waals surface area contributed by atoms with Crippen LogP contribution >= 0.6 is 22.9 Å². The van der Waals surface area contributed by atoms with Crippen LogP contribution in [0.15, 0.2) is 17.5 Å². The molecule has 0 unspecified atom stereocenters. The molecule has 0 aliphatic heterocycles. The Morgan fingerprint density at radius 1 is 1.73 bits per heavy atom. The first-order valence-corrected chi connectivity index (χ1v) is 4.49. The molecule has 0 saturated carbocycles. The van der Waals surface area contributed by atoms with Crippen molar-refractivity contribution < 1.29 is 0 Å². The van der Waals surface area contributed by atoms with Gasteiger partial charge in [-0.2, -0.15) is 5.26 Å². The van der Waals surface area contributed by atoms with E-state index in [-0.39, 0.29) is 0 Å². The molecule has 0 radical (unpaired) electrons. The number of thiophene rings is 1. The fourth-order valence-corrected chi connectivity index (χ4v) is 1.43. The lowest BCUT2D eigenvalue weighted by Gasteiger charge is -1.78. The number of rotatable bonds is 2. The Labute approximate surface area is 74.5 Å². The molecule has 0 aliphatic carbocycles. The third-order valence-corrected chi connectivity index (χ3v) is 2.16. The predicted molar refractivity (Wildman–Crippen MR) is 48.8 cm³/mol. The van der Waals surface area contributed by atoms with Crippen molar-refractivity contribution in [1.82, 2.24) is 0 Å². The highest BCUT2D eigenvalue weighted by Crippen LogP contribution is 2.14. The van der Waals surface area contributed by atoms with Gasteiger partial charge in [-0.3, -0.25) is 0 Å². The average Bonchev–Trinajstić information content (AvgIpc) is 2.48. The lowest BCUT2D eigenvalue weighted by Crippen LogP contribution is -1.62. The molecule has 11 heavy (non-hydrogen) atoms. The second kappa shape index (κ2) is 4.17. The molecule has 0 amide bonds. The van der Waals surface area contributed by atoms with Crippen molar-refractivity contribution in [2.75, 3.05) is 5.88 Å². The molecule has 0 saturated heterocycles. The van der Waals surface area contributed by atoms with Crippen molar-refractivity contribution in [2.45, 2.75) is 0 Å². The number of hydrogen-bond acceptors (Lipinski definition) is 2. The average molecular weight is 184 g/mol. The maximum absolute atomic E-state index is 8.49. The first-order valence-electron chi connectivity index (χ1n) is 3.08. The van der Waals surface area contributed by atoms with E-state index in [1.807, 2.05) is 23.6 Å². The van der Waals surface area contributed by atoms with Crippen LogP contribution < -0.4 is 0 Å². The van der Waals surface area contributed by atoms with Gasteiger partial charge in [0.15, 0.2) is 0 Å². The first-order chi connectivity index (χ1) is 5.36. The molecule has 0 aromatic carbocycles. The van der Waals surface area contributed by atoms with E-state index in [0.717, 1.165) is 10.4 Å². The molecule has 1 heterocycles. The Kier molecular flexibility index (Phi) is 3.15. The molecule has 3 heteroatoms. The van der Waals surface area contributed by atoms with Gasteiger partial charge < -0.3 is 0 Å². The van der Waals surface area contributed by atoms with Crippen molar-refractivity contribution in [2.24, 2.45) is 0 Å². The molecule has 56 valence electrons. The van der Waals surface area contributed by atoms with Crippen molar-refractivity contribution in [3.05, 3.63) is 28.0 Å². The Hall–Kier alpha value is -0.780. The lowest BCUT2D eigenvalue weighted by atomic mass is 10.3. The second-order valence-electron chi connectivity index (χ2n) is 1.91. The molecule has 1 nitrogen and oxygen atoms in total. The number of halogens is 1. The van der Waals surface area contributed by atoms with Crippen LogP contribution in [0.3, 0.4) is 0 Å². The van der Waals surface area contributed by atoms with Gasteiger partial charge >= 0.3 is 0 Å². The zero-order valence-corrected chi connectivity index (χ0v) is 7.32. The monoisotopic (exact) mass is 183 g/mol. The molecular weight excluding hydrogens is 178 g/mol.